The predicted octanol–water partition coefficient (Wildman–Crippen LogP) is 0.672. The van der Waals surface area contributed by atoms with E-state index in [1.165, 1.54) is 5.56 Å². The highest BCUT2D eigenvalue weighted by Crippen LogP contribution is 2.11. The highest BCUT2D eigenvalue weighted by molar-refractivity contribution is 5.10. The molecule has 2 unspecified atom stereocenters. The van der Waals surface area contributed by atoms with Crippen LogP contribution in [-0.4, -0.2) is 48.3 Å². The molecule has 4 nitrogen and oxygen atoms in total. The van der Waals surface area contributed by atoms with Crippen molar-refractivity contribution < 1.29 is 4.74 Å². The van der Waals surface area contributed by atoms with Crippen LogP contribution in [0.1, 0.15) is 12.5 Å². The number of likely N-dealkylation sites (N-methyl/N-ethyl adjacent to an activating group) is 1. The maximum Gasteiger partial charge on any atom is 0.0856 e. The number of nitrogens with zero attached hydrogens (tertiary/aromatic N) is 2. The monoisotopic (exact) mass is 235 g/mol. The van der Waals surface area contributed by atoms with E-state index in [9.17, 15) is 0 Å². The third-order valence-corrected chi connectivity index (χ3v) is 3.30. The Hall–Kier alpha value is -0.970. The van der Waals surface area contributed by atoms with Gasteiger partial charge in [-0.25, -0.2) is 0 Å². The number of ether oxygens (including phenoxy) is 1. The zero-order valence-electron chi connectivity index (χ0n) is 10.4. The van der Waals surface area contributed by atoms with Gasteiger partial charge in [-0.2, -0.15) is 0 Å². The molecule has 0 spiro atoms. The average Bonchev–Trinajstić information content (AvgIpc) is 2.40. The van der Waals surface area contributed by atoms with Gasteiger partial charge in [-0.15, -0.1) is 0 Å². The molecular weight excluding hydrogens is 214 g/mol. The van der Waals surface area contributed by atoms with Crippen molar-refractivity contribution in [2.45, 2.75) is 25.5 Å². The minimum absolute atomic E-state index is 0.0496. The van der Waals surface area contributed by atoms with Crippen LogP contribution in [0, 0.1) is 0 Å². The Morgan fingerprint density at radius 2 is 2.53 bits per heavy atom. The largest absolute Gasteiger partial charge is 0.374 e. The highest BCUT2D eigenvalue weighted by atomic mass is 16.5. The van der Waals surface area contributed by atoms with Gasteiger partial charge in [0, 0.05) is 31.5 Å². The topological polar surface area (TPSA) is 51.4 Å². The number of hydrogen-bond donors (Lipinski definition) is 1. The Morgan fingerprint density at radius 3 is 3.24 bits per heavy atom. The molecule has 1 saturated heterocycles. The number of nitrogens with two attached hydrogens (primary N) is 1. The van der Waals surface area contributed by atoms with Crippen LogP contribution >= 0.6 is 0 Å². The second-order valence-electron chi connectivity index (χ2n) is 4.53. The second kappa shape index (κ2) is 6.10. The van der Waals surface area contributed by atoms with Crippen molar-refractivity contribution in [2.75, 3.05) is 26.2 Å². The molecule has 1 aliphatic rings. The van der Waals surface area contributed by atoms with E-state index >= 15 is 0 Å². The second-order valence-corrected chi connectivity index (χ2v) is 4.53. The molecule has 0 radical (unpaired) electrons. The maximum atomic E-state index is 6.22. The summed E-state index contributed by atoms with van der Waals surface area (Å²) in [5.74, 6) is 0. The Morgan fingerprint density at radius 1 is 1.65 bits per heavy atom. The summed E-state index contributed by atoms with van der Waals surface area (Å²) in [6.45, 7) is 6.00. The van der Waals surface area contributed by atoms with Crippen molar-refractivity contribution in [2.24, 2.45) is 5.73 Å². The van der Waals surface area contributed by atoms with Crippen molar-refractivity contribution in [1.82, 2.24) is 9.88 Å². The standard InChI is InChI=1S/C13H21N3O/c1-2-16-6-7-17-13(10-16)12(14)8-11-4-3-5-15-9-11/h3-5,9,12-13H,2,6-8,10,14H2,1H3. The lowest BCUT2D eigenvalue weighted by atomic mass is 10.0. The van der Waals surface area contributed by atoms with Gasteiger partial charge in [0.25, 0.3) is 0 Å². The summed E-state index contributed by atoms with van der Waals surface area (Å²) >= 11 is 0. The molecule has 0 aromatic carbocycles. The Bertz CT molecular complexity index is 331. The normalized spacial score (nSPS) is 23.5. The summed E-state index contributed by atoms with van der Waals surface area (Å²) in [6.07, 6.45) is 4.63. The molecule has 94 valence electrons. The first-order valence-corrected chi connectivity index (χ1v) is 6.28. The fourth-order valence-electron chi connectivity index (χ4n) is 2.20. The summed E-state index contributed by atoms with van der Waals surface area (Å²) in [4.78, 5) is 6.49. The first-order valence-electron chi connectivity index (χ1n) is 6.28. The molecule has 1 aliphatic heterocycles. The maximum absolute atomic E-state index is 6.22. The molecule has 0 saturated carbocycles. The average molecular weight is 235 g/mol. The summed E-state index contributed by atoms with van der Waals surface area (Å²) in [5.41, 5.74) is 7.40. The van der Waals surface area contributed by atoms with Gasteiger partial charge < -0.3 is 10.5 Å². The molecule has 2 N–H and O–H groups in total. The van der Waals surface area contributed by atoms with E-state index in [2.05, 4.69) is 22.9 Å². The van der Waals surface area contributed by atoms with E-state index < -0.39 is 0 Å². The zero-order valence-corrected chi connectivity index (χ0v) is 10.4. The molecule has 0 amide bonds. The Kier molecular flexibility index (Phi) is 4.48. The first-order chi connectivity index (χ1) is 8.29. The van der Waals surface area contributed by atoms with E-state index in [-0.39, 0.29) is 12.1 Å². The van der Waals surface area contributed by atoms with Gasteiger partial charge in [0.05, 0.1) is 12.7 Å². The highest BCUT2D eigenvalue weighted by Gasteiger charge is 2.25. The summed E-state index contributed by atoms with van der Waals surface area (Å²) in [5, 5.41) is 0. The van der Waals surface area contributed by atoms with Crippen LogP contribution < -0.4 is 5.73 Å². The summed E-state index contributed by atoms with van der Waals surface area (Å²) in [6, 6.07) is 4.06. The van der Waals surface area contributed by atoms with Crippen molar-refractivity contribution in [1.29, 1.82) is 0 Å². The molecule has 2 rings (SSSR count). The van der Waals surface area contributed by atoms with Crippen LogP contribution in [0.15, 0.2) is 24.5 Å². The van der Waals surface area contributed by atoms with Gasteiger partial charge in [0.15, 0.2) is 0 Å². The molecule has 1 aromatic heterocycles. The van der Waals surface area contributed by atoms with Gasteiger partial charge in [-0.05, 0) is 24.6 Å². The zero-order chi connectivity index (χ0) is 12.1. The summed E-state index contributed by atoms with van der Waals surface area (Å²) in [7, 11) is 0. The quantitative estimate of drug-likeness (QED) is 0.833. The lowest BCUT2D eigenvalue weighted by Gasteiger charge is -2.35. The van der Waals surface area contributed by atoms with Crippen LogP contribution in [0.4, 0.5) is 0 Å². The number of pyridine rings is 1. The third kappa shape index (κ3) is 3.49. The van der Waals surface area contributed by atoms with Crippen LogP contribution in [0.3, 0.4) is 0 Å². The molecule has 2 heterocycles. The van der Waals surface area contributed by atoms with Gasteiger partial charge >= 0.3 is 0 Å². The fraction of sp³-hybridized carbons (Fsp3) is 0.615. The number of hydrogen-bond acceptors (Lipinski definition) is 4. The van der Waals surface area contributed by atoms with Crippen molar-refractivity contribution in [3.05, 3.63) is 30.1 Å². The lowest BCUT2D eigenvalue weighted by molar-refractivity contribution is -0.0385. The SMILES string of the molecule is CCN1CCOC(C(N)Cc2cccnc2)C1. The minimum Gasteiger partial charge on any atom is -0.374 e. The van der Waals surface area contributed by atoms with Gasteiger partial charge in [0.1, 0.15) is 0 Å². The third-order valence-electron chi connectivity index (χ3n) is 3.30. The van der Waals surface area contributed by atoms with Gasteiger partial charge in [0.2, 0.25) is 0 Å². The lowest BCUT2D eigenvalue weighted by Crippen LogP contribution is -2.51. The van der Waals surface area contributed by atoms with Crippen molar-refractivity contribution in [3.63, 3.8) is 0 Å². The number of morpholine rings is 1. The van der Waals surface area contributed by atoms with E-state index in [4.69, 9.17) is 10.5 Å². The van der Waals surface area contributed by atoms with E-state index in [1.807, 2.05) is 12.3 Å². The van der Waals surface area contributed by atoms with Crippen molar-refractivity contribution >= 4 is 0 Å². The molecule has 2 atom stereocenters. The van der Waals surface area contributed by atoms with Crippen LogP contribution in [0.2, 0.25) is 0 Å². The fourth-order valence-corrected chi connectivity index (χ4v) is 2.20. The molecular formula is C13H21N3O. The predicted molar refractivity (Wildman–Crippen MR) is 67.8 cm³/mol. The molecule has 0 bridgehead atoms. The van der Waals surface area contributed by atoms with Gasteiger partial charge in [-0.1, -0.05) is 13.0 Å². The Labute approximate surface area is 103 Å². The van der Waals surface area contributed by atoms with Gasteiger partial charge in [-0.3, -0.25) is 9.88 Å². The summed E-state index contributed by atoms with van der Waals surface area (Å²) < 4.78 is 5.76. The molecule has 4 heteroatoms. The minimum atomic E-state index is 0.0496. The molecule has 17 heavy (non-hydrogen) atoms. The molecule has 1 fully saturated rings. The molecule has 0 aliphatic carbocycles. The number of rotatable bonds is 4. The van der Waals surface area contributed by atoms with Crippen LogP contribution in [0.25, 0.3) is 0 Å². The van der Waals surface area contributed by atoms with Crippen LogP contribution in [-0.2, 0) is 11.2 Å². The first kappa shape index (κ1) is 12.5. The number of aromatic nitrogens is 1. The smallest absolute Gasteiger partial charge is 0.0856 e. The Balaban J connectivity index is 1.89. The molecule has 1 aromatic rings. The van der Waals surface area contributed by atoms with E-state index in [0.29, 0.717) is 0 Å². The van der Waals surface area contributed by atoms with E-state index in [1.54, 1.807) is 6.20 Å². The van der Waals surface area contributed by atoms with E-state index in [0.717, 1.165) is 32.7 Å². The van der Waals surface area contributed by atoms with Crippen LogP contribution in [0.5, 0.6) is 0 Å². The van der Waals surface area contributed by atoms with Crippen molar-refractivity contribution in [3.8, 4) is 0 Å².